The summed E-state index contributed by atoms with van der Waals surface area (Å²) in [6, 6.07) is 13.5. The molecule has 6 nitrogen and oxygen atoms in total. The maximum Gasteiger partial charge on any atom is 0.273 e. The van der Waals surface area contributed by atoms with E-state index in [1.807, 2.05) is 0 Å². The van der Waals surface area contributed by atoms with Crippen molar-refractivity contribution in [2.24, 2.45) is 0 Å². The lowest BCUT2D eigenvalue weighted by molar-refractivity contribution is 0.0844. The Hall–Kier alpha value is -3.28. The number of hydrazine groups is 1. The number of nitrogens with one attached hydrogen (secondary N) is 2. The van der Waals surface area contributed by atoms with Crippen LogP contribution in [0.2, 0.25) is 0 Å². The average Bonchev–Trinajstić information content (AvgIpc) is 2.74. The van der Waals surface area contributed by atoms with Crippen molar-refractivity contribution in [2.45, 2.75) is 26.2 Å². The molecule has 0 atom stereocenters. The van der Waals surface area contributed by atoms with Gasteiger partial charge in [0.2, 0.25) is 0 Å². The van der Waals surface area contributed by atoms with E-state index in [4.69, 9.17) is 9.47 Å². The van der Waals surface area contributed by atoms with E-state index in [1.165, 1.54) is 0 Å². The molecule has 2 amide bonds. The zero-order valence-electron chi connectivity index (χ0n) is 16.1. The number of hydrogen-bond donors (Lipinski definition) is 2. The first-order valence-corrected chi connectivity index (χ1v) is 9.32. The second kappa shape index (κ2) is 11.4. The van der Waals surface area contributed by atoms with Crippen molar-refractivity contribution in [1.82, 2.24) is 10.9 Å². The van der Waals surface area contributed by atoms with Gasteiger partial charge in [-0.2, -0.15) is 0 Å². The number of carbonyl (C=O) groups is 2. The monoisotopic (exact) mass is 382 g/mol. The molecule has 2 aromatic carbocycles. The summed E-state index contributed by atoms with van der Waals surface area (Å²) in [6.07, 6.45) is 4.73. The number of para-hydroxylation sites is 1. The molecule has 0 fully saturated rings. The highest BCUT2D eigenvalue weighted by molar-refractivity contribution is 6.00. The Kier molecular flexibility index (Phi) is 8.59. The number of benzene rings is 2. The van der Waals surface area contributed by atoms with Gasteiger partial charge in [0.25, 0.3) is 11.8 Å². The normalized spacial score (nSPS) is 10.0. The van der Waals surface area contributed by atoms with Gasteiger partial charge in [-0.1, -0.05) is 44.6 Å². The summed E-state index contributed by atoms with van der Waals surface area (Å²) in [5, 5.41) is 0. The van der Waals surface area contributed by atoms with Gasteiger partial charge < -0.3 is 9.47 Å². The molecule has 0 saturated carbocycles. The third-order valence-corrected chi connectivity index (χ3v) is 3.91. The van der Waals surface area contributed by atoms with Crippen LogP contribution in [0.25, 0.3) is 0 Å². The number of hydrogen-bond acceptors (Lipinski definition) is 4. The van der Waals surface area contributed by atoms with E-state index in [9.17, 15) is 9.59 Å². The summed E-state index contributed by atoms with van der Waals surface area (Å²) < 4.78 is 11.1. The molecule has 0 saturated heterocycles. The fraction of sp³-hybridized carbons (Fsp3) is 0.273. The van der Waals surface area contributed by atoms with Crippen molar-refractivity contribution in [3.05, 3.63) is 72.3 Å². The first kappa shape index (κ1) is 21.0. The van der Waals surface area contributed by atoms with Crippen LogP contribution >= 0.6 is 0 Å². The topological polar surface area (TPSA) is 76.7 Å². The van der Waals surface area contributed by atoms with Crippen LogP contribution < -0.4 is 20.3 Å². The van der Waals surface area contributed by atoms with Crippen LogP contribution in [0.3, 0.4) is 0 Å². The molecule has 0 heterocycles. The first-order chi connectivity index (χ1) is 13.7. The Bertz CT molecular complexity index is 787. The minimum atomic E-state index is -0.439. The van der Waals surface area contributed by atoms with Gasteiger partial charge in [-0.05, 0) is 42.8 Å². The lowest BCUT2D eigenvalue weighted by atomic mass is 10.2. The molecule has 2 N–H and O–H groups in total. The molecular formula is C22H26N2O4. The summed E-state index contributed by atoms with van der Waals surface area (Å²) in [5.41, 5.74) is 5.60. The highest BCUT2D eigenvalue weighted by Crippen LogP contribution is 2.18. The third kappa shape index (κ3) is 6.46. The molecule has 0 aliphatic heterocycles. The zero-order valence-corrected chi connectivity index (χ0v) is 16.1. The van der Waals surface area contributed by atoms with Crippen molar-refractivity contribution in [1.29, 1.82) is 0 Å². The molecular weight excluding hydrogens is 356 g/mol. The minimum Gasteiger partial charge on any atom is -0.493 e. The van der Waals surface area contributed by atoms with Gasteiger partial charge in [0.1, 0.15) is 18.1 Å². The van der Waals surface area contributed by atoms with Gasteiger partial charge in [-0.25, -0.2) is 0 Å². The van der Waals surface area contributed by atoms with E-state index in [0.717, 1.165) is 19.3 Å². The molecule has 0 radical (unpaired) electrons. The summed E-state index contributed by atoms with van der Waals surface area (Å²) in [5.74, 6) is 0.263. The fourth-order valence-electron chi connectivity index (χ4n) is 2.42. The van der Waals surface area contributed by atoms with E-state index in [-0.39, 0.29) is 0 Å². The third-order valence-electron chi connectivity index (χ3n) is 3.91. The SMILES string of the molecule is C=CCOc1ccc(C(=O)NNC(=O)c2ccccc2OCCCCC)cc1. The molecule has 148 valence electrons. The van der Waals surface area contributed by atoms with E-state index in [1.54, 1.807) is 54.6 Å². The number of unbranched alkanes of at least 4 members (excludes halogenated alkanes) is 2. The van der Waals surface area contributed by atoms with Crippen LogP contribution in [0.5, 0.6) is 11.5 Å². The van der Waals surface area contributed by atoms with Crippen LogP contribution in [0.1, 0.15) is 46.9 Å². The molecule has 2 aromatic rings. The van der Waals surface area contributed by atoms with Gasteiger partial charge >= 0.3 is 0 Å². The number of rotatable bonds is 10. The van der Waals surface area contributed by atoms with Crippen molar-refractivity contribution < 1.29 is 19.1 Å². The second-order valence-corrected chi connectivity index (χ2v) is 6.08. The maximum absolute atomic E-state index is 12.4. The summed E-state index contributed by atoms with van der Waals surface area (Å²) in [7, 11) is 0. The fourth-order valence-corrected chi connectivity index (χ4v) is 2.42. The van der Waals surface area contributed by atoms with Crippen LogP contribution in [0.4, 0.5) is 0 Å². The van der Waals surface area contributed by atoms with Crippen molar-refractivity contribution in [3.63, 3.8) is 0 Å². The van der Waals surface area contributed by atoms with Crippen LogP contribution in [0, 0.1) is 0 Å². The Balaban J connectivity index is 1.91. The maximum atomic E-state index is 12.4. The van der Waals surface area contributed by atoms with E-state index < -0.39 is 11.8 Å². The highest BCUT2D eigenvalue weighted by atomic mass is 16.5. The molecule has 0 spiro atoms. The first-order valence-electron chi connectivity index (χ1n) is 9.32. The van der Waals surface area contributed by atoms with Crippen LogP contribution in [-0.2, 0) is 0 Å². The Morgan fingerprint density at radius 2 is 1.68 bits per heavy atom. The van der Waals surface area contributed by atoms with Gasteiger partial charge in [0.05, 0.1) is 12.2 Å². The second-order valence-electron chi connectivity index (χ2n) is 6.08. The van der Waals surface area contributed by atoms with Gasteiger partial charge in [-0.3, -0.25) is 20.4 Å². The van der Waals surface area contributed by atoms with Crippen molar-refractivity contribution in [2.75, 3.05) is 13.2 Å². The van der Waals surface area contributed by atoms with Gasteiger partial charge in [-0.15, -0.1) is 0 Å². The minimum absolute atomic E-state index is 0.368. The van der Waals surface area contributed by atoms with Gasteiger partial charge in [0.15, 0.2) is 0 Å². The smallest absolute Gasteiger partial charge is 0.273 e. The molecule has 2 rings (SSSR count). The average molecular weight is 382 g/mol. The van der Waals surface area contributed by atoms with Crippen LogP contribution in [-0.4, -0.2) is 25.0 Å². The van der Waals surface area contributed by atoms with Crippen LogP contribution in [0.15, 0.2) is 61.2 Å². The molecule has 6 heteroatoms. The summed E-state index contributed by atoms with van der Waals surface area (Å²) in [4.78, 5) is 24.6. The summed E-state index contributed by atoms with van der Waals surface area (Å²) in [6.45, 7) is 6.63. The Morgan fingerprint density at radius 3 is 2.39 bits per heavy atom. The standard InChI is InChI=1S/C22H26N2O4/c1-3-5-8-16-28-20-10-7-6-9-19(20)22(26)24-23-21(25)17-11-13-18(14-12-17)27-15-4-2/h4,6-7,9-14H,2-3,5,8,15-16H2,1H3,(H,23,25)(H,24,26). The highest BCUT2D eigenvalue weighted by Gasteiger charge is 2.13. The van der Waals surface area contributed by atoms with E-state index in [0.29, 0.717) is 35.8 Å². The molecule has 0 unspecified atom stereocenters. The molecule has 0 aliphatic rings. The molecule has 0 aliphatic carbocycles. The Morgan fingerprint density at radius 1 is 0.964 bits per heavy atom. The number of carbonyl (C=O) groups excluding carboxylic acids is 2. The van der Waals surface area contributed by atoms with E-state index in [2.05, 4.69) is 24.4 Å². The largest absolute Gasteiger partial charge is 0.493 e. The van der Waals surface area contributed by atoms with E-state index >= 15 is 0 Å². The number of amides is 2. The lowest BCUT2D eigenvalue weighted by Gasteiger charge is -2.12. The zero-order chi connectivity index (χ0) is 20.2. The molecule has 28 heavy (non-hydrogen) atoms. The Labute approximate surface area is 165 Å². The quantitative estimate of drug-likeness (QED) is 0.371. The predicted molar refractivity (Wildman–Crippen MR) is 109 cm³/mol. The van der Waals surface area contributed by atoms with Crippen molar-refractivity contribution in [3.8, 4) is 11.5 Å². The number of ether oxygens (including phenoxy) is 2. The molecule has 0 bridgehead atoms. The van der Waals surface area contributed by atoms with Crippen molar-refractivity contribution >= 4 is 11.8 Å². The van der Waals surface area contributed by atoms with Gasteiger partial charge in [0, 0.05) is 5.56 Å². The lowest BCUT2D eigenvalue weighted by Crippen LogP contribution is -2.41. The predicted octanol–water partition coefficient (Wildman–Crippen LogP) is 3.90. The molecule has 0 aromatic heterocycles. The summed E-state index contributed by atoms with van der Waals surface area (Å²) >= 11 is 0.